The molecule has 0 amide bonds. The Bertz CT molecular complexity index is 977. The van der Waals surface area contributed by atoms with Crippen molar-refractivity contribution in [3.05, 3.63) is 0 Å². The molecule has 11 heteroatoms. The molecule has 0 unspecified atom stereocenters. The molecule has 220 valence electrons. The zero-order valence-electron chi connectivity index (χ0n) is 23.7. The van der Waals surface area contributed by atoms with Crippen molar-refractivity contribution in [2.75, 3.05) is 19.8 Å². The maximum absolute atomic E-state index is 12.4. The average Bonchev–Trinajstić information content (AvgIpc) is 3.59. The van der Waals surface area contributed by atoms with Crippen LogP contribution in [0.5, 0.6) is 0 Å². The molecular weight excluding hydrogens is 512 g/mol. The lowest BCUT2D eigenvalue weighted by molar-refractivity contribution is -0.381. The lowest BCUT2D eigenvalue weighted by atomic mass is 9.40. The van der Waals surface area contributed by atoms with Gasteiger partial charge in [0.15, 0.2) is 12.4 Å². The fourth-order valence-electron chi connectivity index (χ4n) is 7.82. The molecule has 2 saturated carbocycles. The lowest BCUT2D eigenvalue weighted by Gasteiger charge is -2.69. The first-order valence-corrected chi connectivity index (χ1v) is 13.9. The number of carbonyl (C=O) groups is 4. The summed E-state index contributed by atoms with van der Waals surface area (Å²) in [5.41, 5.74) is -2.38. The highest BCUT2D eigenvalue weighted by Gasteiger charge is 2.83. The zero-order valence-corrected chi connectivity index (χ0v) is 23.7. The van der Waals surface area contributed by atoms with Gasteiger partial charge in [0.25, 0.3) is 0 Å². The third-order valence-electron chi connectivity index (χ3n) is 9.78. The van der Waals surface area contributed by atoms with Crippen molar-refractivity contribution in [2.24, 2.45) is 28.6 Å². The first kappa shape index (κ1) is 29.7. The Morgan fingerprint density at radius 1 is 0.974 bits per heavy atom. The highest BCUT2D eigenvalue weighted by molar-refractivity contribution is 5.68. The molecule has 0 aromatic carbocycles. The number of hydrogen-bond acceptors (Lipinski definition) is 11. The monoisotopic (exact) mass is 554 g/mol. The van der Waals surface area contributed by atoms with Crippen molar-refractivity contribution in [3.63, 3.8) is 0 Å². The largest absolute Gasteiger partial charge is 0.466 e. The van der Waals surface area contributed by atoms with Gasteiger partial charge in [0.1, 0.15) is 11.7 Å². The zero-order chi connectivity index (χ0) is 28.8. The average molecular weight is 555 g/mol. The first-order valence-electron chi connectivity index (χ1n) is 13.9. The molecule has 10 atom stereocenters. The number of ether oxygens (including phenoxy) is 6. The molecular formula is C28H42O11. The number of aliphatic hydroxyl groups is 1. The van der Waals surface area contributed by atoms with E-state index >= 15 is 0 Å². The van der Waals surface area contributed by atoms with Crippen LogP contribution in [0.1, 0.15) is 73.6 Å². The topological polar surface area (TPSA) is 147 Å². The van der Waals surface area contributed by atoms with Crippen LogP contribution in [0, 0.1) is 28.6 Å². The number of rotatable bonds is 10. The summed E-state index contributed by atoms with van der Waals surface area (Å²) >= 11 is 0. The Kier molecular flexibility index (Phi) is 8.36. The van der Waals surface area contributed by atoms with Gasteiger partial charge in [-0.1, -0.05) is 13.8 Å². The Hall–Kier alpha value is -2.24. The third kappa shape index (κ3) is 5.29. The minimum absolute atomic E-state index is 0.0836. The van der Waals surface area contributed by atoms with Crippen molar-refractivity contribution in [1.29, 1.82) is 0 Å². The van der Waals surface area contributed by atoms with Gasteiger partial charge in [-0.25, -0.2) is 0 Å². The molecule has 2 bridgehead atoms. The molecule has 0 aromatic rings. The predicted molar refractivity (Wildman–Crippen MR) is 134 cm³/mol. The summed E-state index contributed by atoms with van der Waals surface area (Å²) in [5, 5.41) is 11.6. The number of epoxide rings is 1. The van der Waals surface area contributed by atoms with E-state index in [0.29, 0.717) is 38.7 Å². The van der Waals surface area contributed by atoms with Gasteiger partial charge >= 0.3 is 23.9 Å². The second kappa shape index (κ2) is 11.0. The van der Waals surface area contributed by atoms with Crippen molar-refractivity contribution in [2.45, 2.75) is 104 Å². The Balaban J connectivity index is 1.71. The van der Waals surface area contributed by atoms with Gasteiger partial charge in [-0.05, 0) is 42.9 Å². The quantitative estimate of drug-likeness (QED) is 0.241. The summed E-state index contributed by atoms with van der Waals surface area (Å²) in [6.07, 6.45) is -0.311. The van der Waals surface area contributed by atoms with E-state index in [2.05, 4.69) is 6.92 Å². The number of aliphatic hydroxyl groups excluding tert-OH is 1. The SMILES string of the molecule is CC(=O)OCC[C@H](CC[C@@]1(C)[C@H](C)[C@@H](OC(C)=O)[C@H](OC(C)=O)[C@]23[C@@H]1C[C@H](C[C@]21CO1)O[C@@H]3O)COC(C)=O. The van der Waals surface area contributed by atoms with Gasteiger partial charge in [-0.3, -0.25) is 19.2 Å². The molecule has 5 fully saturated rings. The molecule has 2 aliphatic carbocycles. The van der Waals surface area contributed by atoms with E-state index in [1.165, 1.54) is 27.7 Å². The normalized spacial score (nSPS) is 40.8. The summed E-state index contributed by atoms with van der Waals surface area (Å²) in [4.78, 5) is 47.6. The van der Waals surface area contributed by atoms with Crippen LogP contribution in [0.15, 0.2) is 0 Å². The number of hydrogen-bond donors (Lipinski definition) is 1. The molecule has 0 radical (unpaired) electrons. The van der Waals surface area contributed by atoms with Gasteiger partial charge in [-0.15, -0.1) is 0 Å². The van der Waals surface area contributed by atoms with Crippen molar-refractivity contribution in [3.8, 4) is 0 Å². The van der Waals surface area contributed by atoms with Gasteiger partial charge in [0.05, 0.1) is 31.3 Å². The van der Waals surface area contributed by atoms with Crippen LogP contribution in [-0.2, 0) is 47.6 Å². The number of fused-ring (bicyclic) bond motifs is 1. The van der Waals surface area contributed by atoms with E-state index in [1.807, 2.05) is 6.92 Å². The smallest absolute Gasteiger partial charge is 0.303 e. The van der Waals surface area contributed by atoms with E-state index in [1.54, 1.807) is 0 Å². The molecule has 2 spiro atoms. The second-order valence-corrected chi connectivity index (χ2v) is 12.1. The molecule has 39 heavy (non-hydrogen) atoms. The standard InChI is InChI=1S/C28H42O11/c1-15-23(37-18(4)31)24(38-19(5)32)28-22(11-21(39-25(28)33)12-27(28)14-36-27)26(15,6)9-7-20(13-35-17(3)30)8-10-34-16(2)29/h15,20-25,33H,7-14H2,1-6H3/t15-,20+,21-,22-,23-,24+,25+,26+,27+,28+/m1/s1. The van der Waals surface area contributed by atoms with Crippen LogP contribution in [0.25, 0.3) is 0 Å². The Morgan fingerprint density at radius 2 is 1.62 bits per heavy atom. The van der Waals surface area contributed by atoms with Gasteiger partial charge < -0.3 is 33.5 Å². The number of esters is 4. The fourth-order valence-corrected chi connectivity index (χ4v) is 7.82. The Labute approximate surface area is 229 Å². The molecule has 3 saturated heterocycles. The van der Waals surface area contributed by atoms with Crippen LogP contribution >= 0.6 is 0 Å². The van der Waals surface area contributed by atoms with Crippen molar-refractivity contribution >= 4 is 23.9 Å². The van der Waals surface area contributed by atoms with Crippen molar-refractivity contribution in [1.82, 2.24) is 0 Å². The summed E-state index contributed by atoms with van der Waals surface area (Å²) in [5.74, 6) is -2.33. The van der Waals surface area contributed by atoms with E-state index in [4.69, 9.17) is 28.4 Å². The minimum Gasteiger partial charge on any atom is -0.466 e. The highest BCUT2D eigenvalue weighted by Crippen LogP contribution is 2.73. The number of carbonyl (C=O) groups excluding carboxylic acids is 4. The maximum Gasteiger partial charge on any atom is 0.303 e. The first-order chi connectivity index (χ1) is 18.3. The third-order valence-corrected chi connectivity index (χ3v) is 9.78. The van der Waals surface area contributed by atoms with Crippen LogP contribution in [-0.4, -0.2) is 79.0 Å². The van der Waals surface area contributed by atoms with Gasteiger partial charge in [0, 0.05) is 40.0 Å². The summed E-state index contributed by atoms with van der Waals surface area (Å²) < 4.78 is 34.4. The van der Waals surface area contributed by atoms with Crippen LogP contribution in [0.2, 0.25) is 0 Å². The summed E-state index contributed by atoms with van der Waals surface area (Å²) in [7, 11) is 0. The summed E-state index contributed by atoms with van der Waals surface area (Å²) in [6, 6.07) is 0. The Morgan fingerprint density at radius 3 is 2.18 bits per heavy atom. The van der Waals surface area contributed by atoms with E-state index in [-0.39, 0.29) is 49.0 Å². The van der Waals surface area contributed by atoms with Crippen LogP contribution in [0.3, 0.4) is 0 Å². The molecule has 3 aliphatic heterocycles. The minimum atomic E-state index is -1.27. The highest BCUT2D eigenvalue weighted by atomic mass is 16.7. The molecule has 0 aromatic heterocycles. The molecule has 3 heterocycles. The molecule has 1 N–H and O–H groups in total. The second-order valence-electron chi connectivity index (χ2n) is 12.1. The molecule has 11 nitrogen and oxygen atoms in total. The lowest BCUT2D eigenvalue weighted by Crippen LogP contribution is -2.78. The van der Waals surface area contributed by atoms with Gasteiger partial charge in [-0.2, -0.15) is 0 Å². The van der Waals surface area contributed by atoms with Crippen LogP contribution < -0.4 is 0 Å². The van der Waals surface area contributed by atoms with Crippen LogP contribution in [0.4, 0.5) is 0 Å². The molecule has 5 rings (SSSR count). The predicted octanol–water partition coefficient (Wildman–Crippen LogP) is 2.30. The summed E-state index contributed by atoms with van der Waals surface area (Å²) in [6.45, 7) is 10.2. The van der Waals surface area contributed by atoms with E-state index < -0.39 is 46.9 Å². The molecule has 5 aliphatic rings. The maximum atomic E-state index is 12.4. The van der Waals surface area contributed by atoms with Gasteiger partial charge in [0.2, 0.25) is 0 Å². The van der Waals surface area contributed by atoms with E-state index in [9.17, 15) is 24.3 Å². The van der Waals surface area contributed by atoms with Crippen molar-refractivity contribution < 1.29 is 52.7 Å². The fraction of sp³-hybridized carbons (Fsp3) is 0.857. The van der Waals surface area contributed by atoms with E-state index in [0.717, 1.165) is 0 Å².